The number of phenolic OH excluding ortho intramolecular Hbond substituents is 1. The molecule has 1 aromatic carbocycles. The van der Waals surface area contributed by atoms with E-state index in [0.717, 1.165) is 48.3 Å². The second-order valence-electron chi connectivity index (χ2n) is 6.83. The van der Waals surface area contributed by atoms with Gasteiger partial charge in [-0.2, -0.15) is 5.10 Å². The summed E-state index contributed by atoms with van der Waals surface area (Å²) in [5, 5.41) is 29.5. The smallest absolute Gasteiger partial charge is 0.125 e. The summed E-state index contributed by atoms with van der Waals surface area (Å²) in [6.45, 7) is 1.91. The third-order valence-corrected chi connectivity index (χ3v) is 5.17. The van der Waals surface area contributed by atoms with Gasteiger partial charge in [0.1, 0.15) is 5.75 Å². The fraction of sp³-hybridized carbons (Fsp3) is 0.190. The third kappa shape index (κ3) is 2.84. The molecule has 0 saturated heterocycles. The second-order valence-corrected chi connectivity index (χ2v) is 6.83. The zero-order valence-electron chi connectivity index (χ0n) is 14.7. The number of benzene rings is 1. The van der Waals surface area contributed by atoms with Crippen LogP contribution in [0.1, 0.15) is 17.7 Å². The van der Waals surface area contributed by atoms with Gasteiger partial charge in [0.15, 0.2) is 0 Å². The number of nitrogens with one attached hydrogen (secondary N) is 2. The van der Waals surface area contributed by atoms with Gasteiger partial charge in [-0.15, -0.1) is 10.2 Å². The average Bonchev–Trinajstić information content (AvgIpc) is 3.38. The summed E-state index contributed by atoms with van der Waals surface area (Å²) < 4.78 is 0. The zero-order chi connectivity index (χ0) is 18.2. The van der Waals surface area contributed by atoms with Gasteiger partial charge in [-0.25, -0.2) is 0 Å². The molecule has 6 heteroatoms. The van der Waals surface area contributed by atoms with Crippen LogP contribution in [0.5, 0.6) is 5.75 Å². The fourth-order valence-electron chi connectivity index (χ4n) is 3.74. The highest BCUT2D eigenvalue weighted by atomic mass is 16.3. The van der Waals surface area contributed by atoms with Crippen molar-refractivity contribution in [1.29, 1.82) is 0 Å². The number of aromatic amines is 1. The van der Waals surface area contributed by atoms with E-state index in [9.17, 15) is 5.11 Å². The van der Waals surface area contributed by atoms with E-state index < -0.39 is 0 Å². The molecule has 0 fully saturated rings. The molecule has 0 spiro atoms. The van der Waals surface area contributed by atoms with E-state index in [0.29, 0.717) is 11.3 Å². The number of aromatic hydroxyl groups is 1. The summed E-state index contributed by atoms with van der Waals surface area (Å²) in [6.07, 6.45) is 9.87. The molecular formula is C21H19N5O. The lowest BCUT2D eigenvalue weighted by atomic mass is 9.98. The Morgan fingerprint density at radius 1 is 1.04 bits per heavy atom. The summed E-state index contributed by atoms with van der Waals surface area (Å²) in [5.41, 5.74) is 7.91. The Morgan fingerprint density at radius 2 is 2.00 bits per heavy atom. The van der Waals surface area contributed by atoms with Gasteiger partial charge in [0.2, 0.25) is 0 Å². The van der Waals surface area contributed by atoms with Gasteiger partial charge in [-0.05, 0) is 54.3 Å². The molecule has 0 atom stereocenters. The summed E-state index contributed by atoms with van der Waals surface area (Å²) in [4.78, 5) is 0. The van der Waals surface area contributed by atoms with Crippen molar-refractivity contribution < 1.29 is 5.11 Å². The van der Waals surface area contributed by atoms with E-state index in [2.05, 4.69) is 37.9 Å². The van der Waals surface area contributed by atoms with Crippen molar-refractivity contribution in [3.63, 3.8) is 0 Å². The number of phenols is 1. The van der Waals surface area contributed by atoms with Crippen LogP contribution in [0.4, 0.5) is 0 Å². The van der Waals surface area contributed by atoms with Gasteiger partial charge in [0.05, 0.1) is 17.6 Å². The molecule has 3 heterocycles. The zero-order valence-corrected chi connectivity index (χ0v) is 14.7. The molecule has 0 amide bonds. The Bertz CT molecular complexity index is 1070. The number of fused-ring (bicyclic) bond motifs is 1. The van der Waals surface area contributed by atoms with Crippen molar-refractivity contribution in [1.82, 2.24) is 25.7 Å². The average molecular weight is 357 g/mol. The van der Waals surface area contributed by atoms with Crippen LogP contribution >= 0.6 is 0 Å². The van der Waals surface area contributed by atoms with E-state index in [1.165, 1.54) is 11.1 Å². The lowest BCUT2D eigenvalue weighted by Gasteiger charge is -2.15. The summed E-state index contributed by atoms with van der Waals surface area (Å²) in [5.74, 6) is 0.190. The molecule has 1 aliphatic heterocycles. The SMILES string of the molecule is Oc1cc(-c2cn[nH]c2)ccc1-c1cc2c(nn1)C(C1=CCNCC1)=CC2. The largest absolute Gasteiger partial charge is 0.507 e. The fourth-order valence-corrected chi connectivity index (χ4v) is 3.74. The molecule has 0 unspecified atom stereocenters. The molecule has 3 aromatic rings. The maximum absolute atomic E-state index is 10.5. The Balaban J connectivity index is 1.47. The molecule has 6 nitrogen and oxygen atoms in total. The summed E-state index contributed by atoms with van der Waals surface area (Å²) in [7, 11) is 0. The van der Waals surface area contributed by atoms with Crippen LogP contribution in [-0.4, -0.2) is 38.6 Å². The Morgan fingerprint density at radius 3 is 2.78 bits per heavy atom. The minimum atomic E-state index is 0.190. The van der Waals surface area contributed by atoms with Gasteiger partial charge in [0.25, 0.3) is 0 Å². The van der Waals surface area contributed by atoms with Gasteiger partial charge in [-0.1, -0.05) is 18.2 Å². The maximum Gasteiger partial charge on any atom is 0.125 e. The van der Waals surface area contributed by atoms with Gasteiger partial charge < -0.3 is 10.4 Å². The lowest BCUT2D eigenvalue weighted by Crippen LogP contribution is -2.20. The van der Waals surface area contributed by atoms with Crippen molar-refractivity contribution in [3.8, 4) is 28.1 Å². The molecular weight excluding hydrogens is 338 g/mol. The number of rotatable bonds is 3. The predicted octanol–water partition coefficient (Wildman–Crippen LogP) is 3.10. The van der Waals surface area contributed by atoms with Crippen LogP contribution in [-0.2, 0) is 6.42 Å². The van der Waals surface area contributed by atoms with Crippen LogP contribution in [0.15, 0.2) is 54.4 Å². The van der Waals surface area contributed by atoms with Gasteiger partial charge in [-0.3, -0.25) is 5.10 Å². The van der Waals surface area contributed by atoms with Crippen LogP contribution in [0.2, 0.25) is 0 Å². The summed E-state index contributed by atoms with van der Waals surface area (Å²) in [6, 6.07) is 7.61. The molecule has 0 bridgehead atoms. The van der Waals surface area contributed by atoms with E-state index in [-0.39, 0.29) is 5.75 Å². The first kappa shape index (κ1) is 16.0. The minimum absolute atomic E-state index is 0.190. The predicted molar refractivity (Wildman–Crippen MR) is 104 cm³/mol. The molecule has 134 valence electrons. The number of aromatic nitrogens is 4. The first-order valence-corrected chi connectivity index (χ1v) is 9.09. The first-order chi connectivity index (χ1) is 13.3. The van der Waals surface area contributed by atoms with Crippen LogP contribution in [0, 0.1) is 0 Å². The van der Waals surface area contributed by atoms with Gasteiger partial charge >= 0.3 is 0 Å². The number of hydrogen-bond acceptors (Lipinski definition) is 5. The van der Waals surface area contributed by atoms with Crippen molar-refractivity contribution in [2.75, 3.05) is 13.1 Å². The molecule has 0 radical (unpaired) electrons. The Kier molecular flexibility index (Phi) is 3.83. The van der Waals surface area contributed by atoms with Crippen molar-refractivity contribution in [3.05, 3.63) is 65.6 Å². The molecule has 3 N–H and O–H groups in total. The molecule has 2 aromatic heterocycles. The number of H-pyrrole nitrogens is 1. The van der Waals surface area contributed by atoms with Crippen molar-refractivity contribution >= 4 is 5.57 Å². The molecule has 27 heavy (non-hydrogen) atoms. The third-order valence-electron chi connectivity index (χ3n) is 5.17. The van der Waals surface area contributed by atoms with Crippen molar-refractivity contribution in [2.45, 2.75) is 12.8 Å². The van der Waals surface area contributed by atoms with Crippen molar-refractivity contribution in [2.24, 2.45) is 0 Å². The number of nitrogens with zero attached hydrogens (tertiary/aromatic N) is 3. The van der Waals surface area contributed by atoms with E-state index >= 15 is 0 Å². The highest BCUT2D eigenvalue weighted by molar-refractivity contribution is 5.83. The quantitative estimate of drug-likeness (QED) is 0.670. The first-order valence-electron chi connectivity index (χ1n) is 9.09. The highest BCUT2D eigenvalue weighted by Crippen LogP contribution is 2.37. The lowest BCUT2D eigenvalue weighted by molar-refractivity contribution is 0.477. The van der Waals surface area contributed by atoms with Crippen LogP contribution in [0.3, 0.4) is 0 Å². The Hall–Kier alpha value is -3.25. The molecule has 2 aliphatic rings. The second kappa shape index (κ2) is 6.48. The van der Waals surface area contributed by atoms with Crippen LogP contribution in [0.25, 0.3) is 28.0 Å². The Labute approximate surface area is 156 Å². The highest BCUT2D eigenvalue weighted by Gasteiger charge is 2.22. The molecule has 0 saturated carbocycles. The molecule has 1 aliphatic carbocycles. The topological polar surface area (TPSA) is 86.7 Å². The van der Waals surface area contributed by atoms with E-state index in [4.69, 9.17) is 0 Å². The number of allylic oxidation sites excluding steroid dienone is 2. The van der Waals surface area contributed by atoms with Crippen LogP contribution < -0.4 is 5.32 Å². The van der Waals surface area contributed by atoms with E-state index in [1.807, 2.05) is 18.2 Å². The number of hydrogen-bond donors (Lipinski definition) is 3. The standard InChI is InChI=1S/C21H19N5O/c27-20-10-14(16-11-23-24-12-16)1-4-18(20)19-9-15-2-3-17(21(15)26-25-19)13-5-7-22-8-6-13/h1,3-5,9-12,22,27H,2,6-8H2,(H,23,24). The maximum atomic E-state index is 10.5. The molecule has 5 rings (SSSR count). The monoisotopic (exact) mass is 357 g/mol. The normalized spacial score (nSPS) is 16.0. The van der Waals surface area contributed by atoms with Gasteiger partial charge in [0, 0.05) is 29.4 Å². The summed E-state index contributed by atoms with van der Waals surface area (Å²) >= 11 is 0. The minimum Gasteiger partial charge on any atom is -0.507 e. The van der Waals surface area contributed by atoms with E-state index in [1.54, 1.807) is 18.5 Å².